The molecule has 3 aromatic rings. The van der Waals surface area contributed by atoms with Crippen LogP contribution in [0.25, 0.3) is 16.7 Å². The lowest BCUT2D eigenvalue weighted by Gasteiger charge is -2.07. The molecule has 21 heavy (non-hydrogen) atoms. The SMILES string of the molecule is N#Cc1cc(Br)ccc1-n1c(=S)[nH]c2cc(F)c(Cl)cc21. The molecule has 1 heterocycles. The fraction of sp³-hybridized carbons (Fsp3) is 0. The molecule has 1 N–H and O–H groups in total. The molecule has 0 saturated carbocycles. The molecule has 0 amide bonds. The quantitative estimate of drug-likeness (QED) is 0.594. The number of fused-ring (bicyclic) bond motifs is 1. The summed E-state index contributed by atoms with van der Waals surface area (Å²) in [5, 5.41) is 9.29. The lowest BCUT2D eigenvalue weighted by Crippen LogP contribution is -1.97. The molecule has 1 aromatic heterocycles. The van der Waals surface area contributed by atoms with Crippen molar-refractivity contribution in [3.05, 3.63) is 56.0 Å². The molecular weight excluding hydrogens is 377 g/mol. The number of nitrogens with zero attached hydrogens (tertiary/aromatic N) is 2. The van der Waals surface area contributed by atoms with Gasteiger partial charge in [-0.1, -0.05) is 27.5 Å². The van der Waals surface area contributed by atoms with Gasteiger partial charge in [-0.15, -0.1) is 0 Å². The van der Waals surface area contributed by atoms with Gasteiger partial charge in [0, 0.05) is 10.5 Å². The van der Waals surface area contributed by atoms with Gasteiger partial charge < -0.3 is 4.98 Å². The maximum Gasteiger partial charge on any atom is 0.182 e. The third-order valence-electron chi connectivity index (χ3n) is 3.04. The Morgan fingerprint density at radius 1 is 1.33 bits per heavy atom. The minimum absolute atomic E-state index is 0.000805. The van der Waals surface area contributed by atoms with Gasteiger partial charge in [0.15, 0.2) is 4.77 Å². The Kier molecular flexibility index (Phi) is 3.57. The normalized spacial score (nSPS) is 10.8. The van der Waals surface area contributed by atoms with Gasteiger partial charge in [0.25, 0.3) is 0 Å². The summed E-state index contributed by atoms with van der Waals surface area (Å²) in [5.41, 5.74) is 2.19. The predicted molar refractivity (Wildman–Crippen MR) is 85.8 cm³/mol. The molecule has 0 atom stereocenters. The second-order valence-corrected chi connectivity index (χ2v) is 6.03. The van der Waals surface area contributed by atoms with E-state index in [1.54, 1.807) is 16.7 Å². The van der Waals surface area contributed by atoms with Crippen molar-refractivity contribution in [2.75, 3.05) is 0 Å². The van der Waals surface area contributed by atoms with Crippen LogP contribution in [-0.2, 0) is 0 Å². The summed E-state index contributed by atoms with van der Waals surface area (Å²) < 4.78 is 16.4. The Balaban J connectivity index is 2.41. The first-order valence-electron chi connectivity index (χ1n) is 5.81. The number of rotatable bonds is 1. The van der Waals surface area contributed by atoms with Crippen LogP contribution in [0.4, 0.5) is 4.39 Å². The highest BCUT2D eigenvalue weighted by molar-refractivity contribution is 9.10. The Labute approximate surface area is 137 Å². The fourth-order valence-electron chi connectivity index (χ4n) is 2.13. The van der Waals surface area contributed by atoms with Crippen molar-refractivity contribution in [1.82, 2.24) is 9.55 Å². The molecule has 0 radical (unpaired) electrons. The first-order valence-corrected chi connectivity index (χ1v) is 7.39. The highest BCUT2D eigenvalue weighted by atomic mass is 79.9. The van der Waals surface area contributed by atoms with Crippen LogP contribution in [-0.4, -0.2) is 9.55 Å². The van der Waals surface area contributed by atoms with Crippen molar-refractivity contribution in [1.29, 1.82) is 5.26 Å². The van der Waals surface area contributed by atoms with Gasteiger partial charge in [0.05, 0.1) is 27.3 Å². The maximum absolute atomic E-state index is 13.5. The molecular formula is C14H6BrClFN3S. The van der Waals surface area contributed by atoms with E-state index in [0.29, 0.717) is 27.1 Å². The monoisotopic (exact) mass is 381 g/mol. The second-order valence-electron chi connectivity index (χ2n) is 4.32. The minimum Gasteiger partial charge on any atom is -0.330 e. The van der Waals surface area contributed by atoms with Gasteiger partial charge in [-0.2, -0.15) is 5.26 Å². The number of halogens is 3. The molecule has 0 unspecified atom stereocenters. The van der Waals surface area contributed by atoms with Gasteiger partial charge in [-0.25, -0.2) is 4.39 Å². The van der Waals surface area contributed by atoms with E-state index in [4.69, 9.17) is 23.8 Å². The van der Waals surface area contributed by atoms with Gasteiger partial charge in [-0.3, -0.25) is 4.57 Å². The molecule has 0 aliphatic heterocycles. The van der Waals surface area contributed by atoms with Crippen LogP contribution in [0.3, 0.4) is 0 Å². The van der Waals surface area contributed by atoms with E-state index < -0.39 is 5.82 Å². The number of nitrogens with one attached hydrogen (secondary N) is 1. The number of H-pyrrole nitrogens is 1. The lowest BCUT2D eigenvalue weighted by atomic mass is 10.2. The number of hydrogen-bond acceptors (Lipinski definition) is 2. The first kappa shape index (κ1) is 14.3. The summed E-state index contributed by atoms with van der Waals surface area (Å²) in [7, 11) is 0. The molecule has 0 spiro atoms. The number of aromatic nitrogens is 2. The third-order valence-corrected chi connectivity index (χ3v) is 4.11. The van der Waals surface area contributed by atoms with E-state index in [-0.39, 0.29) is 5.02 Å². The maximum atomic E-state index is 13.5. The summed E-state index contributed by atoms with van der Waals surface area (Å²) in [6.07, 6.45) is 0. The van der Waals surface area contributed by atoms with E-state index in [0.717, 1.165) is 4.47 Å². The van der Waals surface area contributed by atoms with E-state index in [1.807, 2.05) is 6.07 Å². The van der Waals surface area contributed by atoms with E-state index in [2.05, 4.69) is 27.0 Å². The number of benzene rings is 2. The average Bonchev–Trinajstić information content (AvgIpc) is 2.75. The minimum atomic E-state index is -0.524. The summed E-state index contributed by atoms with van der Waals surface area (Å²) in [6, 6.07) is 10.2. The number of imidazole rings is 1. The Morgan fingerprint density at radius 2 is 2.10 bits per heavy atom. The van der Waals surface area contributed by atoms with Crippen molar-refractivity contribution in [2.45, 2.75) is 0 Å². The molecule has 0 fully saturated rings. The van der Waals surface area contributed by atoms with E-state index in [1.165, 1.54) is 12.1 Å². The average molecular weight is 383 g/mol. The Bertz CT molecular complexity index is 971. The molecule has 104 valence electrons. The lowest BCUT2D eigenvalue weighted by molar-refractivity contribution is 0.630. The van der Waals surface area contributed by atoms with Crippen LogP contribution in [0.1, 0.15) is 5.56 Å². The van der Waals surface area contributed by atoms with Crippen molar-refractivity contribution >= 4 is 50.8 Å². The van der Waals surface area contributed by atoms with Gasteiger partial charge in [-0.05, 0) is 36.5 Å². The van der Waals surface area contributed by atoms with Crippen molar-refractivity contribution in [3.63, 3.8) is 0 Å². The summed E-state index contributed by atoms with van der Waals surface area (Å²) in [4.78, 5) is 2.92. The summed E-state index contributed by atoms with van der Waals surface area (Å²) in [6.45, 7) is 0. The van der Waals surface area contributed by atoms with Crippen molar-refractivity contribution < 1.29 is 4.39 Å². The Hall–Kier alpha value is -1.68. The molecule has 3 nitrogen and oxygen atoms in total. The largest absolute Gasteiger partial charge is 0.330 e. The predicted octanol–water partition coefficient (Wildman–Crippen LogP) is 5.11. The topological polar surface area (TPSA) is 44.5 Å². The molecule has 0 bridgehead atoms. The smallest absolute Gasteiger partial charge is 0.182 e. The first-order chi connectivity index (χ1) is 10.0. The summed E-state index contributed by atoms with van der Waals surface area (Å²) in [5.74, 6) is -0.524. The van der Waals surface area contributed by atoms with Gasteiger partial charge >= 0.3 is 0 Å². The van der Waals surface area contributed by atoms with Crippen LogP contribution in [0, 0.1) is 21.9 Å². The third kappa shape index (κ3) is 2.38. The zero-order valence-corrected chi connectivity index (χ0v) is 13.5. The number of hydrogen-bond donors (Lipinski definition) is 1. The van der Waals surface area contributed by atoms with Crippen LogP contribution in [0.15, 0.2) is 34.8 Å². The van der Waals surface area contributed by atoms with E-state index >= 15 is 0 Å². The van der Waals surface area contributed by atoms with Crippen LogP contribution < -0.4 is 0 Å². The van der Waals surface area contributed by atoms with Crippen LogP contribution >= 0.6 is 39.7 Å². The number of nitriles is 1. The van der Waals surface area contributed by atoms with E-state index in [9.17, 15) is 9.65 Å². The molecule has 7 heteroatoms. The zero-order chi connectivity index (χ0) is 15.1. The molecule has 0 aliphatic rings. The molecule has 0 saturated heterocycles. The summed E-state index contributed by atoms with van der Waals surface area (Å²) >= 11 is 14.5. The highest BCUT2D eigenvalue weighted by Crippen LogP contribution is 2.27. The highest BCUT2D eigenvalue weighted by Gasteiger charge is 2.13. The molecule has 2 aromatic carbocycles. The Morgan fingerprint density at radius 3 is 2.81 bits per heavy atom. The molecule has 3 rings (SSSR count). The standard InChI is InChI=1S/C14H6BrClFN3S/c15-8-1-2-12(7(3-8)6-18)20-13-4-9(16)10(17)5-11(13)19-14(20)21/h1-5H,(H,19,21). The van der Waals surface area contributed by atoms with Crippen LogP contribution in [0.5, 0.6) is 0 Å². The van der Waals surface area contributed by atoms with Crippen molar-refractivity contribution in [3.8, 4) is 11.8 Å². The second kappa shape index (κ2) is 5.26. The van der Waals surface area contributed by atoms with Crippen molar-refractivity contribution in [2.24, 2.45) is 0 Å². The number of aromatic amines is 1. The molecule has 0 aliphatic carbocycles. The fourth-order valence-corrected chi connectivity index (χ4v) is 2.96. The van der Waals surface area contributed by atoms with Crippen LogP contribution in [0.2, 0.25) is 5.02 Å². The zero-order valence-electron chi connectivity index (χ0n) is 10.3. The van der Waals surface area contributed by atoms with Gasteiger partial charge in [0.2, 0.25) is 0 Å². The van der Waals surface area contributed by atoms with Gasteiger partial charge in [0.1, 0.15) is 11.9 Å².